The minimum Gasteiger partial charge on any atom is -1.00 e. The van der Waals surface area contributed by atoms with Gasteiger partial charge in [-0.15, -0.1) is 0 Å². The van der Waals surface area contributed by atoms with E-state index in [1.165, 1.54) is 0 Å². The molecule has 0 amide bonds. The van der Waals surface area contributed by atoms with E-state index >= 15 is 0 Å². The number of aromatic hydroxyl groups is 1. The smallest absolute Gasteiger partial charge is 1.00 e. The van der Waals surface area contributed by atoms with Crippen LogP contribution in [0.25, 0.3) is 22.3 Å². The first-order chi connectivity index (χ1) is 9.36. The maximum atomic E-state index is 10.0. The summed E-state index contributed by atoms with van der Waals surface area (Å²) >= 11 is 0. The fraction of sp³-hybridized carbons (Fsp3) is 0. The van der Waals surface area contributed by atoms with Crippen molar-refractivity contribution in [3.05, 3.63) is 78.9 Å². The van der Waals surface area contributed by atoms with Crippen molar-refractivity contribution < 1.29 is 36.1 Å². The van der Waals surface area contributed by atoms with E-state index in [-0.39, 0.29) is 31.0 Å². The minimum atomic E-state index is 0. The summed E-state index contributed by atoms with van der Waals surface area (Å²) in [5, 5.41) is 10.0. The molecule has 3 aromatic carbocycles. The van der Waals surface area contributed by atoms with Crippen LogP contribution in [0.5, 0.6) is 5.75 Å². The predicted octanol–water partition coefficient (Wildman–Crippen LogP) is 1.84. The third-order valence-electron chi connectivity index (χ3n) is 3.21. The molecule has 1 N–H and O–H groups in total. The average Bonchev–Trinajstić information content (AvgIpc) is 2.49. The summed E-state index contributed by atoms with van der Waals surface area (Å²) in [5.41, 5.74) is 4.19. The van der Waals surface area contributed by atoms with Gasteiger partial charge in [-0.25, -0.2) is 0 Å². The molecule has 0 saturated carbocycles. The van der Waals surface area contributed by atoms with Gasteiger partial charge < -0.3 is 6.53 Å². The van der Waals surface area contributed by atoms with Crippen LogP contribution < -0.4 is 29.6 Å². The Morgan fingerprint density at radius 2 is 1.05 bits per heavy atom. The molecule has 0 bridgehead atoms. The van der Waals surface area contributed by atoms with Gasteiger partial charge in [0, 0.05) is 5.56 Å². The second-order valence-corrected chi connectivity index (χ2v) is 4.43. The summed E-state index contributed by atoms with van der Waals surface area (Å²) in [7, 11) is 0. The van der Waals surface area contributed by atoms with E-state index in [1.807, 2.05) is 54.6 Å². The van der Waals surface area contributed by atoms with Gasteiger partial charge in [-0.1, -0.05) is 72.8 Å². The fourth-order valence-electron chi connectivity index (χ4n) is 2.29. The molecule has 0 unspecified atom stereocenters. The van der Waals surface area contributed by atoms with Gasteiger partial charge in [0.2, 0.25) is 0 Å². The van der Waals surface area contributed by atoms with Crippen molar-refractivity contribution in [2.75, 3.05) is 0 Å². The molecule has 3 rings (SSSR count). The summed E-state index contributed by atoms with van der Waals surface area (Å²) < 4.78 is 0. The number of para-hydroxylation sites is 1. The molecule has 1 nitrogen and oxygen atoms in total. The number of rotatable bonds is 2. The second-order valence-electron chi connectivity index (χ2n) is 4.43. The zero-order valence-corrected chi connectivity index (χ0v) is 13.5. The van der Waals surface area contributed by atoms with Gasteiger partial charge in [-0.05, 0) is 22.8 Å². The van der Waals surface area contributed by atoms with Crippen LogP contribution in [-0.2, 0) is 0 Å². The Bertz CT molecular complexity index is 698. The number of hydrogen-bond donors (Lipinski definition) is 1. The maximum Gasteiger partial charge on any atom is 1.00 e. The van der Waals surface area contributed by atoms with Gasteiger partial charge >= 0.3 is 29.6 Å². The third kappa shape index (κ3) is 2.96. The van der Waals surface area contributed by atoms with Gasteiger partial charge in [-0.2, -0.15) is 0 Å². The molecule has 0 aliphatic heterocycles. The maximum absolute atomic E-state index is 10.0. The van der Waals surface area contributed by atoms with Gasteiger partial charge in [0.15, 0.2) is 0 Å². The zero-order valence-electron chi connectivity index (χ0n) is 12.5. The van der Waals surface area contributed by atoms with E-state index in [9.17, 15) is 5.11 Å². The Morgan fingerprint density at radius 1 is 0.550 bits per heavy atom. The van der Waals surface area contributed by atoms with E-state index in [0.717, 1.165) is 22.3 Å². The van der Waals surface area contributed by atoms with Crippen LogP contribution in [0.3, 0.4) is 0 Å². The average molecular weight is 270 g/mol. The molecule has 0 atom stereocenters. The first kappa shape index (κ1) is 14.9. The number of hydrogen-bond acceptors (Lipinski definition) is 1. The summed E-state index contributed by atoms with van der Waals surface area (Å²) in [6.07, 6.45) is 0. The van der Waals surface area contributed by atoms with Crippen LogP contribution in [-0.4, -0.2) is 5.11 Å². The summed E-state index contributed by atoms with van der Waals surface area (Å²) in [5.74, 6) is 0.311. The van der Waals surface area contributed by atoms with E-state index < -0.39 is 0 Å². The summed E-state index contributed by atoms with van der Waals surface area (Å²) in [4.78, 5) is 0. The first-order valence-electron chi connectivity index (χ1n) is 6.29. The van der Waals surface area contributed by atoms with E-state index in [1.54, 1.807) is 6.07 Å². The molecule has 2 heteroatoms. The largest absolute Gasteiger partial charge is 1.00 e. The molecule has 3 aromatic rings. The van der Waals surface area contributed by atoms with Crippen LogP contribution in [0.15, 0.2) is 78.9 Å². The molecular formula is C18H15NaO. The predicted molar refractivity (Wildman–Crippen MR) is 80.1 cm³/mol. The molecule has 0 fully saturated rings. The Labute approximate surface area is 142 Å². The van der Waals surface area contributed by atoms with E-state index in [4.69, 9.17) is 0 Å². The molecular weight excluding hydrogens is 255 g/mol. The van der Waals surface area contributed by atoms with Crippen molar-refractivity contribution in [2.24, 2.45) is 0 Å². The van der Waals surface area contributed by atoms with E-state index in [2.05, 4.69) is 18.2 Å². The van der Waals surface area contributed by atoms with Crippen molar-refractivity contribution in [2.45, 2.75) is 0 Å². The van der Waals surface area contributed by atoms with Crippen molar-refractivity contribution >= 4 is 0 Å². The van der Waals surface area contributed by atoms with Crippen LogP contribution in [0.2, 0.25) is 0 Å². The van der Waals surface area contributed by atoms with Gasteiger partial charge in [-0.3, -0.25) is 0 Å². The van der Waals surface area contributed by atoms with Crippen LogP contribution in [0.4, 0.5) is 0 Å². The molecule has 0 heterocycles. The molecule has 0 aromatic heterocycles. The monoisotopic (exact) mass is 270 g/mol. The Hall–Kier alpha value is -1.54. The SMILES string of the molecule is Oc1ccccc1-c1ccccc1-c1ccccc1.[H-].[Na+]. The summed E-state index contributed by atoms with van der Waals surface area (Å²) in [6, 6.07) is 25.8. The molecule has 94 valence electrons. The molecule has 0 spiro atoms. The molecule has 20 heavy (non-hydrogen) atoms. The number of phenols is 1. The molecule has 0 saturated heterocycles. The fourth-order valence-corrected chi connectivity index (χ4v) is 2.29. The number of benzene rings is 3. The topological polar surface area (TPSA) is 20.2 Å². The first-order valence-corrected chi connectivity index (χ1v) is 6.29. The van der Waals surface area contributed by atoms with Crippen LogP contribution in [0, 0.1) is 0 Å². The third-order valence-corrected chi connectivity index (χ3v) is 3.21. The summed E-state index contributed by atoms with van der Waals surface area (Å²) in [6.45, 7) is 0. The van der Waals surface area contributed by atoms with E-state index in [0.29, 0.717) is 5.75 Å². The minimum absolute atomic E-state index is 0. The zero-order chi connectivity index (χ0) is 13.1. The standard InChI is InChI=1S/C18H14O.Na.H/c19-18-13-7-6-12-17(18)16-11-5-4-10-15(16)14-8-2-1-3-9-14;;/h1-13,19H;;/q;+1;-1. The van der Waals surface area contributed by atoms with Crippen LogP contribution in [0.1, 0.15) is 1.43 Å². The molecule has 0 aliphatic carbocycles. The second kappa shape index (κ2) is 6.76. The Balaban J connectivity index is 0.00000110. The normalized spacial score (nSPS) is 9.80. The van der Waals surface area contributed by atoms with Crippen molar-refractivity contribution in [1.29, 1.82) is 0 Å². The van der Waals surface area contributed by atoms with Gasteiger partial charge in [0.05, 0.1) is 0 Å². The Kier molecular flexibility index (Phi) is 5.02. The van der Waals surface area contributed by atoms with Gasteiger partial charge in [0.1, 0.15) is 5.75 Å². The van der Waals surface area contributed by atoms with Crippen molar-refractivity contribution in [3.8, 4) is 28.0 Å². The van der Waals surface area contributed by atoms with Crippen LogP contribution >= 0.6 is 0 Å². The Morgan fingerprint density at radius 3 is 1.70 bits per heavy atom. The van der Waals surface area contributed by atoms with Gasteiger partial charge in [0.25, 0.3) is 0 Å². The number of phenolic OH excluding ortho intramolecular Hbond substituents is 1. The van der Waals surface area contributed by atoms with Crippen molar-refractivity contribution in [3.63, 3.8) is 0 Å². The van der Waals surface area contributed by atoms with Crippen molar-refractivity contribution in [1.82, 2.24) is 0 Å². The quantitative estimate of drug-likeness (QED) is 0.705. The molecule has 0 radical (unpaired) electrons. The molecule has 0 aliphatic rings.